The molecule has 2 N–H and O–H groups in total. The molecule has 3 rings (SSSR count). The fourth-order valence-corrected chi connectivity index (χ4v) is 3.17. The van der Waals surface area contributed by atoms with Crippen LogP contribution < -0.4 is 5.73 Å². The summed E-state index contributed by atoms with van der Waals surface area (Å²) in [4.78, 5) is 22.3. The molecule has 1 aliphatic rings. The first-order valence-corrected chi connectivity index (χ1v) is 9.44. The number of rotatable bonds is 6. The number of aliphatic imine (C=N–C) groups is 1. The number of benzene rings is 1. The van der Waals surface area contributed by atoms with Crippen LogP contribution in [0.4, 0.5) is 0 Å². The van der Waals surface area contributed by atoms with Gasteiger partial charge in [-0.25, -0.2) is 4.99 Å². The van der Waals surface area contributed by atoms with Crippen LogP contribution in [0, 0.1) is 5.92 Å². The first-order chi connectivity index (χ1) is 13.5. The number of halogens is 1. The number of carbonyl (C=O) groups excluding carboxylic acids is 1. The van der Waals surface area contributed by atoms with Crippen LogP contribution in [0.1, 0.15) is 17.5 Å². The standard InChI is InChI=1S/C21H23ClN4O2/c1-26(13-19(27)25-12-15-8-11-28-14-15)21(17-6-9-24-10-7-17)20(23)16-2-4-18(22)5-3-16/h2-7,9-10,12,15H,8,11,13-14,23H2,1H3/b21-20-,25-12?. The van der Waals surface area contributed by atoms with Crippen LogP contribution in [-0.4, -0.2) is 48.8 Å². The van der Waals surface area contributed by atoms with Crippen molar-refractivity contribution in [2.45, 2.75) is 6.42 Å². The highest BCUT2D eigenvalue weighted by Crippen LogP contribution is 2.26. The van der Waals surface area contributed by atoms with E-state index < -0.39 is 0 Å². The monoisotopic (exact) mass is 398 g/mol. The number of aromatic nitrogens is 1. The first-order valence-electron chi connectivity index (χ1n) is 9.06. The third-order valence-electron chi connectivity index (χ3n) is 4.51. The zero-order valence-corrected chi connectivity index (χ0v) is 16.5. The zero-order valence-electron chi connectivity index (χ0n) is 15.7. The van der Waals surface area contributed by atoms with Crippen molar-refractivity contribution in [3.05, 3.63) is 64.9 Å². The number of pyridine rings is 1. The Balaban J connectivity index is 1.85. The molecular formula is C21H23ClN4O2. The molecule has 0 aliphatic carbocycles. The van der Waals surface area contributed by atoms with Gasteiger partial charge in [-0.3, -0.25) is 9.78 Å². The molecule has 28 heavy (non-hydrogen) atoms. The van der Waals surface area contributed by atoms with E-state index in [0.29, 0.717) is 17.3 Å². The summed E-state index contributed by atoms with van der Waals surface area (Å²) in [5, 5.41) is 0.635. The lowest BCUT2D eigenvalue weighted by atomic mass is 10.1. The normalized spacial score (nSPS) is 17.6. The largest absolute Gasteiger partial charge is 0.397 e. The van der Waals surface area contributed by atoms with Crippen molar-refractivity contribution in [3.63, 3.8) is 0 Å². The van der Waals surface area contributed by atoms with Crippen molar-refractivity contribution >= 4 is 35.1 Å². The van der Waals surface area contributed by atoms with Gasteiger partial charge in [0, 0.05) is 48.8 Å². The van der Waals surface area contributed by atoms with Gasteiger partial charge in [-0.15, -0.1) is 0 Å². The highest BCUT2D eigenvalue weighted by Gasteiger charge is 2.17. The Morgan fingerprint density at radius 3 is 2.64 bits per heavy atom. The molecule has 0 radical (unpaired) electrons. The van der Waals surface area contributed by atoms with Crippen molar-refractivity contribution in [3.8, 4) is 0 Å². The lowest BCUT2D eigenvalue weighted by Gasteiger charge is -2.24. The minimum absolute atomic E-state index is 0.107. The molecule has 0 bridgehead atoms. The number of nitrogens with two attached hydrogens (primary N) is 1. The number of amides is 1. The van der Waals surface area contributed by atoms with Crippen molar-refractivity contribution in [2.24, 2.45) is 16.6 Å². The number of likely N-dealkylation sites (N-methyl/N-ethyl adjacent to an activating group) is 1. The molecule has 2 aromatic rings. The van der Waals surface area contributed by atoms with E-state index in [1.807, 2.05) is 36.2 Å². The van der Waals surface area contributed by atoms with Crippen LogP contribution in [0.25, 0.3) is 11.4 Å². The van der Waals surface area contributed by atoms with Gasteiger partial charge >= 0.3 is 0 Å². The van der Waals surface area contributed by atoms with Gasteiger partial charge in [0.1, 0.15) is 0 Å². The maximum atomic E-state index is 12.4. The molecule has 2 heterocycles. The second-order valence-electron chi connectivity index (χ2n) is 6.66. The Labute approximate surface area is 169 Å². The fraction of sp³-hybridized carbons (Fsp3) is 0.286. The van der Waals surface area contributed by atoms with Crippen LogP contribution in [0.3, 0.4) is 0 Å². The van der Waals surface area contributed by atoms with E-state index in [0.717, 1.165) is 29.9 Å². The van der Waals surface area contributed by atoms with Gasteiger partial charge in [0.25, 0.3) is 5.91 Å². The van der Waals surface area contributed by atoms with Gasteiger partial charge < -0.3 is 15.4 Å². The van der Waals surface area contributed by atoms with E-state index in [4.69, 9.17) is 22.1 Å². The van der Waals surface area contributed by atoms with Crippen molar-refractivity contribution < 1.29 is 9.53 Å². The minimum Gasteiger partial charge on any atom is -0.397 e. The van der Waals surface area contributed by atoms with Gasteiger partial charge in [-0.2, -0.15) is 0 Å². The van der Waals surface area contributed by atoms with E-state index in [9.17, 15) is 4.79 Å². The van der Waals surface area contributed by atoms with E-state index in [1.54, 1.807) is 30.7 Å². The summed E-state index contributed by atoms with van der Waals surface area (Å²) in [6.45, 7) is 1.45. The molecule has 1 aliphatic heterocycles. The number of hydrogen-bond donors (Lipinski definition) is 1. The van der Waals surface area contributed by atoms with Crippen molar-refractivity contribution in [1.29, 1.82) is 0 Å². The summed E-state index contributed by atoms with van der Waals surface area (Å²) in [5.41, 5.74) is 9.45. The second kappa shape index (κ2) is 9.48. The van der Waals surface area contributed by atoms with Crippen LogP contribution in [0.15, 0.2) is 53.8 Å². The Hall–Kier alpha value is -2.70. The maximum Gasteiger partial charge on any atom is 0.264 e. The summed E-state index contributed by atoms with van der Waals surface area (Å²) in [6.07, 6.45) is 5.98. The summed E-state index contributed by atoms with van der Waals surface area (Å²) in [5.74, 6) is -0.0199. The zero-order chi connectivity index (χ0) is 19.9. The summed E-state index contributed by atoms with van der Waals surface area (Å²) < 4.78 is 5.30. The van der Waals surface area contributed by atoms with E-state index in [2.05, 4.69) is 9.98 Å². The van der Waals surface area contributed by atoms with E-state index >= 15 is 0 Å². The Bertz CT molecular complexity index is 860. The molecule has 1 aromatic heterocycles. The number of carbonyl (C=O) groups is 1. The van der Waals surface area contributed by atoms with Crippen LogP contribution >= 0.6 is 11.6 Å². The average Bonchev–Trinajstić information content (AvgIpc) is 3.21. The molecule has 6 nitrogen and oxygen atoms in total. The third-order valence-corrected chi connectivity index (χ3v) is 4.76. The molecule has 1 unspecified atom stereocenters. The van der Waals surface area contributed by atoms with Crippen LogP contribution in [0.5, 0.6) is 0 Å². The van der Waals surface area contributed by atoms with E-state index in [-0.39, 0.29) is 18.4 Å². The van der Waals surface area contributed by atoms with Gasteiger partial charge in [-0.05, 0) is 36.2 Å². The highest BCUT2D eigenvalue weighted by atomic mass is 35.5. The predicted octanol–water partition coefficient (Wildman–Crippen LogP) is 3.09. The average molecular weight is 399 g/mol. The molecule has 0 spiro atoms. The lowest BCUT2D eigenvalue weighted by Crippen LogP contribution is -2.26. The maximum absolute atomic E-state index is 12.4. The van der Waals surface area contributed by atoms with Gasteiger partial charge in [0.15, 0.2) is 0 Å². The van der Waals surface area contributed by atoms with Crippen molar-refractivity contribution in [2.75, 3.05) is 26.8 Å². The number of nitrogens with zero attached hydrogens (tertiary/aromatic N) is 3. The van der Waals surface area contributed by atoms with Crippen LogP contribution in [0.2, 0.25) is 5.02 Å². The molecule has 146 valence electrons. The molecule has 1 atom stereocenters. The minimum atomic E-state index is -0.232. The second-order valence-corrected chi connectivity index (χ2v) is 7.09. The topological polar surface area (TPSA) is 80.8 Å². The van der Waals surface area contributed by atoms with E-state index in [1.165, 1.54) is 0 Å². The Morgan fingerprint density at radius 2 is 2.00 bits per heavy atom. The van der Waals surface area contributed by atoms with Crippen LogP contribution in [-0.2, 0) is 9.53 Å². The summed E-state index contributed by atoms with van der Waals surface area (Å²) in [7, 11) is 1.82. The Morgan fingerprint density at radius 1 is 1.29 bits per heavy atom. The molecule has 0 saturated carbocycles. The van der Waals surface area contributed by atoms with Crippen molar-refractivity contribution in [1.82, 2.24) is 9.88 Å². The predicted molar refractivity (Wildman–Crippen MR) is 112 cm³/mol. The molecule has 1 saturated heterocycles. The lowest BCUT2D eigenvalue weighted by molar-refractivity contribution is -0.118. The summed E-state index contributed by atoms with van der Waals surface area (Å²) >= 11 is 5.99. The smallest absolute Gasteiger partial charge is 0.264 e. The van der Waals surface area contributed by atoms with Gasteiger partial charge in [-0.1, -0.05) is 23.7 Å². The third kappa shape index (κ3) is 5.18. The summed E-state index contributed by atoms with van der Waals surface area (Å²) in [6, 6.07) is 11.0. The van der Waals surface area contributed by atoms with Gasteiger partial charge in [0.05, 0.1) is 24.5 Å². The first kappa shape index (κ1) is 20.0. The number of ether oxygens (including phenoxy) is 1. The Kier molecular flexibility index (Phi) is 6.79. The molecule has 1 fully saturated rings. The molecule has 1 aromatic carbocycles. The molecule has 1 amide bonds. The highest BCUT2D eigenvalue weighted by molar-refractivity contribution is 6.30. The van der Waals surface area contributed by atoms with Gasteiger partial charge in [0.2, 0.25) is 0 Å². The number of hydrogen-bond acceptors (Lipinski definition) is 5. The SMILES string of the molecule is CN(CC(=O)N=CC1CCOC1)/C(=C(\N)c1ccc(Cl)cc1)c1ccncc1. The molecular weight excluding hydrogens is 376 g/mol. The quantitative estimate of drug-likeness (QED) is 0.756. The molecule has 7 heteroatoms. The fourth-order valence-electron chi connectivity index (χ4n) is 3.04.